The number of carbonyl (C=O) groups is 7. The summed E-state index contributed by atoms with van der Waals surface area (Å²) < 4.78 is 90.6. The summed E-state index contributed by atoms with van der Waals surface area (Å²) in [5.74, 6) is -7.21. The number of carbonyl (C=O) groups excluding carboxylic acids is 7. The minimum atomic E-state index is -4.48. The number of primary amides is 1. The first-order chi connectivity index (χ1) is 51.7. The molecule has 596 valence electrons. The maximum atomic E-state index is 15.2. The van der Waals surface area contributed by atoms with Crippen molar-refractivity contribution >= 4 is 71.4 Å². The summed E-state index contributed by atoms with van der Waals surface area (Å²) in [6.07, 6.45) is 4.85. The molecule has 19 N–H and O–H groups in total. The van der Waals surface area contributed by atoms with E-state index in [4.69, 9.17) is 34.4 Å². The minimum Gasteiger partial charge on any atom is -0.368 e. The molecule has 0 fully saturated rings. The van der Waals surface area contributed by atoms with Crippen molar-refractivity contribution in [3.63, 3.8) is 0 Å². The van der Waals surface area contributed by atoms with E-state index in [2.05, 4.69) is 37.2 Å². The first-order valence-electron chi connectivity index (χ1n) is 37.2. The fourth-order valence-electron chi connectivity index (χ4n) is 12.3. The SMILES string of the molecule is CC(C)N[C@@H](CCCCN)C(=O)N[C@@H](CCCCN)CN(CC(=O)N[C@@H](Cc1ccccc1)C(=O)N[C@@H](CCCCN)CN(CC(=O)N[C@@H](Cc1ccccc1)C(=O)N[C@@H](Cc1ccccc1)CN(CC(=O)N[C@@H](CCCCN)C(N)=O)S(=O)(=O)Cc1ccccc1)S(=O)(=O)CCN)S(=O)(=O)Cc1ccccc1. The standard InChI is InChI=1S/C76H116N16O13S3/c1-57(2)83-67(39-21-25-43-80)74(97)84-64(37-19-23-41-78)50-91(107(102,103)55-61-32-14-6-15-33-61)54-72(95)88-68(47-59-28-10-4-11-29-59)75(98)85-63(36-18-22-40-77)49-90(106(100,101)45-44-81)52-71(94)89-69(48-60-30-12-5-13-31-60)76(99)86-65(46-58-26-8-3-9-27-58)51-92(108(104,105)56-62-34-16-7-17-35-62)53-70(93)87-66(73(82)96)38-20-24-42-79/h3-17,26-35,57,63-69,83H,18-25,36-56,77-81H2,1-2H3,(H2,82,96)(H,84,97)(H,85,98)(H,86,99)(H,87,93)(H,88,95)(H,89,94)/t63-,64-,65-,66-,67-,68-,69-/m0/s1. The molecule has 0 aliphatic rings. The van der Waals surface area contributed by atoms with E-state index < -0.39 is 158 Å². The molecule has 0 aliphatic heterocycles. The summed E-state index contributed by atoms with van der Waals surface area (Å²) in [6, 6.07) is 34.9. The van der Waals surface area contributed by atoms with E-state index in [1.165, 1.54) is 0 Å². The smallest absolute Gasteiger partial charge is 0.243 e. The lowest BCUT2D eigenvalue weighted by molar-refractivity contribution is -0.130. The highest BCUT2D eigenvalue weighted by Gasteiger charge is 2.36. The third-order valence-electron chi connectivity index (χ3n) is 17.8. The third-order valence-corrected chi connectivity index (χ3v) is 23.2. The van der Waals surface area contributed by atoms with Crippen LogP contribution in [-0.4, -0.2) is 206 Å². The monoisotopic (exact) mass is 1560 g/mol. The van der Waals surface area contributed by atoms with Gasteiger partial charge in [0.05, 0.1) is 42.9 Å². The van der Waals surface area contributed by atoms with Gasteiger partial charge in [0.25, 0.3) is 0 Å². The van der Waals surface area contributed by atoms with Gasteiger partial charge >= 0.3 is 0 Å². The Kier molecular flexibility index (Phi) is 40.6. The van der Waals surface area contributed by atoms with Crippen LogP contribution < -0.4 is 71.6 Å². The second-order valence-electron chi connectivity index (χ2n) is 27.4. The van der Waals surface area contributed by atoms with Crippen molar-refractivity contribution in [2.75, 3.05) is 77.7 Å². The molecule has 32 heteroatoms. The molecular formula is C76H116N16O13S3. The van der Waals surface area contributed by atoms with Gasteiger partial charge in [0, 0.05) is 63.2 Å². The van der Waals surface area contributed by atoms with Crippen LogP contribution >= 0.6 is 0 Å². The molecule has 0 aromatic heterocycles. The second kappa shape index (κ2) is 48.4. The van der Waals surface area contributed by atoms with E-state index >= 15 is 9.59 Å². The number of benzene rings is 5. The number of unbranched alkanes of at least 4 members (excludes halogenated alkanes) is 4. The predicted molar refractivity (Wildman–Crippen MR) is 421 cm³/mol. The minimum absolute atomic E-state index is 0.000659. The molecule has 0 bridgehead atoms. The molecule has 5 aromatic rings. The lowest BCUT2D eigenvalue weighted by Crippen LogP contribution is -2.58. The Morgan fingerprint density at radius 3 is 0.981 bits per heavy atom. The van der Waals surface area contributed by atoms with Gasteiger partial charge in [0.15, 0.2) is 0 Å². The molecule has 0 spiro atoms. The number of hydrogen-bond donors (Lipinski definition) is 13. The van der Waals surface area contributed by atoms with Crippen LogP contribution in [0.2, 0.25) is 0 Å². The van der Waals surface area contributed by atoms with Crippen LogP contribution in [0.5, 0.6) is 0 Å². The van der Waals surface area contributed by atoms with Gasteiger partial charge in [-0.2, -0.15) is 12.9 Å². The highest BCUT2D eigenvalue weighted by atomic mass is 32.2. The average molecular weight is 1560 g/mol. The Balaban J connectivity index is 1.49. The maximum Gasteiger partial charge on any atom is 0.243 e. The molecule has 5 rings (SSSR count). The van der Waals surface area contributed by atoms with E-state index in [1.54, 1.807) is 152 Å². The largest absolute Gasteiger partial charge is 0.368 e. The summed E-state index contributed by atoms with van der Waals surface area (Å²) in [5, 5.41) is 20.4. The van der Waals surface area contributed by atoms with Gasteiger partial charge in [-0.25, -0.2) is 25.3 Å². The Morgan fingerprint density at radius 1 is 0.343 bits per heavy atom. The van der Waals surface area contributed by atoms with E-state index in [1.807, 2.05) is 13.8 Å². The van der Waals surface area contributed by atoms with E-state index in [9.17, 15) is 49.2 Å². The van der Waals surface area contributed by atoms with Gasteiger partial charge in [-0.15, -0.1) is 0 Å². The fraction of sp³-hybridized carbons (Fsp3) is 0.513. The normalized spacial score (nSPS) is 13.9. The van der Waals surface area contributed by atoms with Crippen molar-refractivity contribution in [1.82, 2.24) is 50.1 Å². The highest BCUT2D eigenvalue weighted by molar-refractivity contribution is 7.89. The van der Waals surface area contributed by atoms with Crippen LogP contribution in [-0.2, 0) is 94.4 Å². The molecule has 29 nitrogen and oxygen atoms in total. The van der Waals surface area contributed by atoms with Crippen LogP contribution in [0, 0.1) is 0 Å². The molecule has 0 saturated carbocycles. The first-order valence-corrected chi connectivity index (χ1v) is 42.0. The number of rotatable bonds is 55. The number of nitrogens with two attached hydrogens (primary N) is 6. The molecule has 5 aromatic carbocycles. The topological polar surface area (TPSA) is 472 Å². The maximum absolute atomic E-state index is 15.2. The molecule has 7 amide bonds. The van der Waals surface area contributed by atoms with Gasteiger partial charge in [-0.05, 0) is 118 Å². The molecule has 0 radical (unpaired) electrons. The highest BCUT2D eigenvalue weighted by Crippen LogP contribution is 2.19. The number of amides is 7. The van der Waals surface area contributed by atoms with Crippen molar-refractivity contribution in [2.24, 2.45) is 34.4 Å². The molecule has 0 aliphatic carbocycles. The van der Waals surface area contributed by atoms with Gasteiger partial charge in [0.1, 0.15) is 18.1 Å². The van der Waals surface area contributed by atoms with Gasteiger partial charge in [0.2, 0.25) is 71.4 Å². The van der Waals surface area contributed by atoms with Crippen LogP contribution in [0.25, 0.3) is 0 Å². The van der Waals surface area contributed by atoms with Crippen LogP contribution in [0.1, 0.15) is 119 Å². The molecule has 0 unspecified atom stereocenters. The predicted octanol–water partition coefficient (Wildman–Crippen LogP) is 1.25. The zero-order valence-electron chi connectivity index (χ0n) is 62.4. The second-order valence-corrected chi connectivity index (χ2v) is 33.5. The number of nitrogens with zero attached hydrogens (tertiary/aromatic N) is 3. The summed E-state index contributed by atoms with van der Waals surface area (Å²) >= 11 is 0. The fourth-order valence-corrected chi connectivity index (χ4v) is 16.6. The van der Waals surface area contributed by atoms with Crippen molar-refractivity contribution in [2.45, 2.75) is 170 Å². The molecular weight excluding hydrogens is 1440 g/mol. The summed E-state index contributed by atoms with van der Waals surface area (Å²) in [4.78, 5) is 101. The van der Waals surface area contributed by atoms with Gasteiger partial charge in [-0.1, -0.05) is 185 Å². The lowest BCUT2D eigenvalue weighted by atomic mass is 10.0. The zero-order chi connectivity index (χ0) is 78.9. The molecule has 0 heterocycles. The van der Waals surface area contributed by atoms with Crippen LogP contribution in [0.15, 0.2) is 152 Å². The van der Waals surface area contributed by atoms with Gasteiger partial charge in [-0.3, -0.25) is 33.6 Å². The Bertz CT molecular complexity index is 3860. The number of nitrogens with one attached hydrogen (secondary N) is 7. The van der Waals surface area contributed by atoms with Crippen molar-refractivity contribution in [3.05, 3.63) is 179 Å². The van der Waals surface area contributed by atoms with E-state index in [0.717, 1.165) is 12.9 Å². The van der Waals surface area contributed by atoms with Crippen LogP contribution in [0.4, 0.5) is 0 Å². The molecule has 108 heavy (non-hydrogen) atoms. The Morgan fingerprint density at radius 2 is 0.639 bits per heavy atom. The van der Waals surface area contributed by atoms with Crippen molar-refractivity contribution < 1.29 is 58.8 Å². The van der Waals surface area contributed by atoms with Crippen LogP contribution in [0.3, 0.4) is 0 Å². The average Bonchev–Trinajstić information content (AvgIpc) is 0.832. The summed E-state index contributed by atoms with van der Waals surface area (Å²) in [7, 11) is -13.3. The zero-order valence-corrected chi connectivity index (χ0v) is 64.8. The Hall–Kier alpha value is -8.12. The lowest BCUT2D eigenvalue weighted by Gasteiger charge is -2.31. The number of sulfonamides is 3. The Labute approximate surface area is 638 Å². The van der Waals surface area contributed by atoms with Crippen molar-refractivity contribution in [3.8, 4) is 0 Å². The van der Waals surface area contributed by atoms with E-state index in [0.29, 0.717) is 112 Å². The number of hydrogen-bond acceptors (Lipinski definition) is 19. The summed E-state index contributed by atoms with van der Waals surface area (Å²) in [5.41, 5.74) is 37.6. The molecule has 7 atom stereocenters. The summed E-state index contributed by atoms with van der Waals surface area (Å²) in [6.45, 7) is 0.886. The van der Waals surface area contributed by atoms with E-state index in [-0.39, 0.29) is 63.7 Å². The quantitative estimate of drug-likeness (QED) is 0.0244. The third kappa shape index (κ3) is 34.2. The van der Waals surface area contributed by atoms with Crippen molar-refractivity contribution in [1.29, 1.82) is 0 Å². The first kappa shape index (κ1) is 90.5. The molecule has 0 saturated heterocycles. The van der Waals surface area contributed by atoms with Gasteiger partial charge < -0.3 is 71.6 Å².